The van der Waals surface area contributed by atoms with Gasteiger partial charge in [0.2, 0.25) is 0 Å². The van der Waals surface area contributed by atoms with Gasteiger partial charge < -0.3 is 4.90 Å². The Kier molecular flexibility index (Phi) is 3.18. The van der Waals surface area contributed by atoms with Crippen molar-refractivity contribution in [3.8, 4) is 0 Å². The third-order valence-electron chi connectivity index (χ3n) is 4.87. The van der Waals surface area contributed by atoms with E-state index in [4.69, 9.17) is 6.57 Å². The number of hydrogen-bond donors (Lipinski definition) is 0. The van der Waals surface area contributed by atoms with Gasteiger partial charge in [0.1, 0.15) is 0 Å². The number of fused-ring (bicyclic) bond motifs is 2. The van der Waals surface area contributed by atoms with Crippen LogP contribution in [-0.2, 0) is 5.41 Å². The van der Waals surface area contributed by atoms with Crippen molar-refractivity contribution in [3.05, 3.63) is 95.3 Å². The third kappa shape index (κ3) is 2.02. The van der Waals surface area contributed by atoms with Crippen molar-refractivity contribution >= 4 is 22.7 Å². The lowest BCUT2D eigenvalue weighted by molar-refractivity contribution is 0.632. The number of para-hydroxylation sites is 2. The van der Waals surface area contributed by atoms with Gasteiger partial charge in [0.05, 0.1) is 17.9 Å². The quantitative estimate of drug-likeness (QED) is 0.475. The zero-order valence-electron chi connectivity index (χ0n) is 13.8. The fourth-order valence-corrected chi connectivity index (χ4v) is 3.62. The molecule has 0 fully saturated rings. The van der Waals surface area contributed by atoms with Crippen LogP contribution in [0, 0.1) is 6.57 Å². The van der Waals surface area contributed by atoms with Gasteiger partial charge in [0.25, 0.3) is 0 Å². The summed E-state index contributed by atoms with van der Waals surface area (Å²) >= 11 is 0. The molecule has 24 heavy (non-hydrogen) atoms. The number of benzene rings is 3. The SMILES string of the molecule is [C-]#[N+]c1ccc(N2c3ccccc3C(C)(C)c3ccccc32)cc1. The summed E-state index contributed by atoms with van der Waals surface area (Å²) in [5, 5.41) is 0. The third-order valence-corrected chi connectivity index (χ3v) is 4.87. The topological polar surface area (TPSA) is 7.60 Å². The number of hydrogen-bond acceptors (Lipinski definition) is 1. The van der Waals surface area contributed by atoms with Crippen LogP contribution in [0.4, 0.5) is 22.7 Å². The van der Waals surface area contributed by atoms with Crippen molar-refractivity contribution in [2.24, 2.45) is 0 Å². The van der Waals surface area contributed by atoms with Crippen molar-refractivity contribution in [2.75, 3.05) is 4.90 Å². The molecule has 0 aliphatic carbocycles. The van der Waals surface area contributed by atoms with Gasteiger partial charge in [0, 0.05) is 11.1 Å². The molecule has 2 heteroatoms. The van der Waals surface area contributed by atoms with Gasteiger partial charge in [0.15, 0.2) is 5.69 Å². The Bertz CT molecular complexity index is 897. The van der Waals surface area contributed by atoms with Gasteiger partial charge in [-0.05, 0) is 35.4 Å². The molecule has 0 saturated carbocycles. The Labute approximate surface area is 142 Å². The average Bonchev–Trinajstić information content (AvgIpc) is 2.63. The van der Waals surface area contributed by atoms with E-state index in [0.717, 1.165) is 5.69 Å². The number of anilines is 3. The molecule has 116 valence electrons. The lowest BCUT2D eigenvalue weighted by atomic mass is 9.73. The average molecular weight is 310 g/mol. The van der Waals surface area contributed by atoms with Crippen molar-refractivity contribution < 1.29 is 0 Å². The summed E-state index contributed by atoms with van der Waals surface area (Å²) < 4.78 is 0. The maximum absolute atomic E-state index is 7.16. The highest BCUT2D eigenvalue weighted by Crippen LogP contribution is 2.51. The summed E-state index contributed by atoms with van der Waals surface area (Å²) in [6.07, 6.45) is 0. The molecule has 3 aromatic carbocycles. The first kappa shape index (κ1) is 14.5. The molecule has 0 spiro atoms. The van der Waals surface area contributed by atoms with E-state index in [2.05, 4.69) is 72.1 Å². The summed E-state index contributed by atoms with van der Waals surface area (Å²) in [7, 11) is 0. The Morgan fingerprint density at radius 1 is 0.750 bits per heavy atom. The van der Waals surface area contributed by atoms with E-state index in [1.54, 1.807) is 0 Å². The first-order valence-electron chi connectivity index (χ1n) is 8.09. The first-order chi connectivity index (χ1) is 11.6. The molecule has 0 amide bonds. The van der Waals surface area contributed by atoms with E-state index in [1.807, 2.05) is 24.3 Å². The predicted octanol–water partition coefficient (Wildman–Crippen LogP) is 6.35. The molecule has 0 bridgehead atoms. The van der Waals surface area contributed by atoms with Gasteiger partial charge in [-0.15, -0.1) is 0 Å². The smallest absolute Gasteiger partial charge is 0.187 e. The van der Waals surface area contributed by atoms with E-state index in [9.17, 15) is 0 Å². The Morgan fingerprint density at radius 2 is 1.25 bits per heavy atom. The fraction of sp³-hybridized carbons (Fsp3) is 0.136. The van der Waals surface area contributed by atoms with E-state index in [1.165, 1.54) is 22.5 Å². The first-order valence-corrected chi connectivity index (χ1v) is 8.09. The number of rotatable bonds is 1. The van der Waals surface area contributed by atoms with Crippen molar-refractivity contribution in [2.45, 2.75) is 19.3 Å². The van der Waals surface area contributed by atoms with Crippen LogP contribution in [0.15, 0.2) is 72.8 Å². The van der Waals surface area contributed by atoms with Crippen LogP contribution in [-0.4, -0.2) is 0 Å². The normalized spacial score (nSPS) is 14.5. The summed E-state index contributed by atoms with van der Waals surface area (Å²) in [6.45, 7) is 11.7. The van der Waals surface area contributed by atoms with Gasteiger partial charge >= 0.3 is 0 Å². The van der Waals surface area contributed by atoms with E-state index < -0.39 is 0 Å². The monoisotopic (exact) mass is 310 g/mol. The molecule has 0 aromatic heterocycles. The van der Waals surface area contributed by atoms with Crippen LogP contribution in [0.25, 0.3) is 4.85 Å². The molecule has 0 saturated heterocycles. The van der Waals surface area contributed by atoms with Gasteiger partial charge in [-0.2, -0.15) is 0 Å². The van der Waals surface area contributed by atoms with Crippen LogP contribution in [0.3, 0.4) is 0 Å². The fourth-order valence-electron chi connectivity index (χ4n) is 3.62. The lowest BCUT2D eigenvalue weighted by Crippen LogP contribution is -2.30. The summed E-state index contributed by atoms with van der Waals surface area (Å²) in [5.74, 6) is 0. The van der Waals surface area contributed by atoms with Crippen LogP contribution >= 0.6 is 0 Å². The Balaban J connectivity index is 1.99. The van der Waals surface area contributed by atoms with Crippen molar-refractivity contribution in [3.63, 3.8) is 0 Å². The summed E-state index contributed by atoms with van der Waals surface area (Å²) in [5.41, 5.74) is 6.75. The molecule has 0 radical (unpaired) electrons. The van der Waals surface area contributed by atoms with Crippen molar-refractivity contribution in [1.29, 1.82) is 0 Å². The molecular formula is C22H18N2. The summed E-state index contributed by atoms with van der Waals surface area (Å²) in [4.78, 5) is 5.80. The molecule has 1 aliphatic rings. The maximum atomic E-state index is 7.16. The van der Waals surface area contributed by atoms with Crippen molar-refractivity contribution in [1.82, 2.24) is 0 Å². The van der Waals surface area contributed by atoms with Crippen LogP contribution in [0.1, 0.15) is 25.0 Å². The van der Waals surface area contributed by atoms with Gasteiger partial charge in [-0.3, -0.25) is 0 Å². The number of nitrogens with zero attached hydrogens (tertiary/aromatic N) is 2. The zero-order chi connectivity index (χ0) is 16.7. The highest BCUT2D eigenvalue weighted by Gasteiger charge is 2.36. The molecule has 1 aliphatic heterocycles. The maximum Gasteiger partial charge on any atom is 0.187 e. The minimum atomic E-state index is -0.0415. The highest BCUT2D eigenvalue weighted by atomic mass is 15.2. The van der Waals surface area contributed by atoms with E-state index >= 15 is 0 Å². The molecule has 2 nitrogen and oxygen atoms in total. The molecule has 4 rings (SSSR count). The van der Waals surface area contributed by atoms with E-state index in [0.29, 0.717) is 5.69 Å². The molecular weight excluding hydrogens is 292 g/mol. The second kappa shape index (κ2) is 5.25. The van der Waals surface area contributed by atoms with Gasteiger partial charge in [-0.1, -0.05) is 62.4 Å². The molecule has 1 heterocycles. The second-order valence-corrected chi connectivity index (χ2v) is 6.62. The molecule has 0 unspecified atom stereocenters. The zero-order valence-corrected chi connectivity index (χ0v) is 13.8. The van der Waals surface area contributed by atoms with Crippen LogP contribution in [0.2, 0.25) is 0 Å². The largest absolute Gasteiger partial charge is 0.310 e. The van der Waals surface area contributed by atoms with Crippen LogP contribution in [0.5, 0.6) is 0 Å². The lowest BCUT2D eigenvalue weighted by Gasteiger charge is -2.42. The van der Waals surface area contributed by atoms with Crippen LogP contribution < -0.4 is 4.90 Å². The highest BCUT2D eigenvalue weighted by molar-refractivity contribution is 5.86. The predicted molar refractivity (Wildman–Crippen MR) is 99.5 cm³/mol. The Morgan fingerprint density at radius 3 is 1.75 bits per heavy atom. The molecule has 0 atom stereocenters. The standard InChI is InChI=1S/C22H18N2/c1-22(2)18-8-4-6-10-20(18)24(21-11-7-5-9-19(21)22)17-14-12-16(23-3)13-15-17/h4-15H,1-2H3. The van der Waals surface area contributed by atoms with Gasteiger partial charge in [-0.25, -0.2) is 4.85 Å². The second-order valence-electron chi connectivity index (χ2n) is 6.62. The minimum absolute atomic E-state index is 0.0415. The molecule has 0 N–H and O–H groups in total. The Hall–Kier alpha value is -3.05. The summed E-state index contributed by atoms with van der Waals surface area (Å²) in [6, 6.07) is 25.0. The van der Waals surface area contributed by atoms with E-state index in [-0.39, 0.29) is 5.41 Å². The minimum Gasteiger partial charge on any atom is -0.310 e. The molecule has 3 aromatic rings.